The van der Waals surface area contributed by atoms with E-state index in [2.05, 4.69) is 0 Å². The molecule has 0 N–H and O–H groups in total. The fraction of sp³-hybridized carbons (Fsp3) is 0. The predicted octanol–water partition coefficient (Wildman–Crippen LogP) is -7.24. The molecule has 1 rings (SSSR count). The molecule has 0 heterocycles. The molecule has 1 aromatic carbocycles. The smallest absolute Gasteiger partial charge is 0.889 e. The SMILES string of the molecule is [K+].[K+].[O-]B([O-])c1ccc(Cl)cc1. The van der Waals surface area contributed by atoms with Crippen molar-refractivity contribution >= 4 is 24.2 Å². The second kappa shape index (κ2) is 9.03. The van der Waals surface area contributed by atoms with Gasteiger partial charge in [0.15, 0.2) is 0 Å². The molecule has 0 saturated carbocycles. The maximum Gasteiger partial charge on any atom is 1.00 e. The average Bonchev–Trinajstić information content (AvgIpc) is 1.88. The Bertz CT molecular complexity index is 217. The van der Waals surface area contributed by atoms with E-state index in [0.717, 1.165) is 0 Å². The van der Waals surface area contributed by atoms with Gasteiger partial charge in [-0.2, -0.15) is 0 Å². The van der Waals surface area contributed by atoms with Gasteiger partial charge in [-0.3, -0.25) is 0 Å². The number of rotatable bonds is 1. The van der Waals surface area contributed by atoms with Crippen molar-refractivity contribution in [3.05, 3.63) is 29.3 Å². The van der Waals surface area contributed by atoms with Gasteiger partial charge in [0.05, 0.1) is 0 Å². The van der Waals surface area contributed by atoms with Crippen molar-refractivity contribution in [3.8, 4) is 0 Å². The summed E-state index contributed by atoms with van der Waals surface area (Å²) < 4.78 is 0. The minimum atomic E-state index is -1.91. The van der Waals surface area contributed by atoms with Crippen LogP contribution in [0.3, 0.4) is 0 Å². The van der Waals surface area contributed by atoms with Crippen molar-refractivity contribution in [3.63, 3.8) is 0 Å². The van der Waals surface area contributed by atoms with E-state index in [-0.39, 0.29) is 108 Å². The van der Waals surface area contributed by atoms with Crippen molar-refractivity contribution in [1.29, 1.82) is 0 Å². The molecule has 52 valence electrons. The fourth-order valence-corrected chi connectivity index (χ4v) is 0.746. The van der Waals surface area contributed by atoms with Gasteiger partial charge in [0, 0.05) is 5.02 Å². The molecular weight excluding hydrogens is 229 g/mol. The van der Waals surface area contributed by atoms with Gasteiger partial charge in [0.1, 0.15) is 0 Å². The number of hydrogen-bond donors (Lipinski definition) is 0. The molecule has 0 aromatic heterocycles. The van der Waals surface area contributed by atoms with Crippen molar-refractivity contribution in [2.24, 2.45) is 0 Å². The standard InChI is InChI=1S/C6H4BClO2.2K/c8-6-3-1-5(2-4-6)7(9)10;;/h1-4H;;/q-2;2*+1. The van der Waals surface area contributed by atoms with E-state index in [1.807, 2.05) is 0 Å². The molecule has 0 bridgehead atoms. The third-order valence-electron chi connectivity index (χ3n) is 1.14. The van der Waals surface area contributed by atoms with Crippen molar-refractivity contribution in [2.75, 3.05) is 0 Å². The van der Waals surface area contributed by atoms with E-state index in [9.17, 15) is 10.0 Å². The van der Waals surface area contributed by atoms with Gasteiger partial charge in [-0.25, -0.2) is 0 Å². The summed E-state index contributed by atoms with van der Waals surface area (Å²) in [6.45, 7) is 0. The Kier molecular flexibility index (Phi) is 12.9. The zero-order valence-electron chi connectivity index (χ0n) is 7.08. The predicted molar refractivity (Wildman–Crippen MR) is 36.8 cm³/mol. The normalized spacial score (nSPS) is 7.92. The summed E-state index contributed by atoms with van der Waals surface area (Å²) in [4.78, 5) is 0. The third kappa shape index (κ3) is 6.29. The van der Waals surface area contributed by atoms with Crippen LogP contribution in [0.2, 0.25) is 5.02 Å². The minimum Gasteiger partial charge on any atom is -0.889 e. The molecule has 1 aromatic rings. The van der Waals surface area contributed by atoms with E-state index in [1.54, 1.807) is 0 Å². The quantitative estimate of drug-likeness (QED) is 0.452. The van der Waals surface area contributed by atoms with E-state index >= 15 is 0 Å². The Morgan fingerprint density at radius 2 is 1.42 bits per heavy atom. The molecule has 0 atom stereocenters. The number of halogens is 1. The summed E-state index contributed by atoms with van der Waals surface area (Å²) in [5.74, 6) is 0. The summed E-state index contributed by atoms with van der Waals surface area (Å²) in [6, 6.07) is 5.93. The van der Waals surface area contributed by atoms with Gasteiger partial charge in [0.2, 0.25) is 0 Å². The van der Waals surface area contributed by atoms with Crippen LogP contribution in [0.4, 0.5) is 0 Å². The molecule has 6 heteroatoms. The van der Waals surface area contributed by atoms with Crippen LogP contribution in [0.5, 0.6) is 0 Å². The maximum atomic E-state index is 10.2. The molecule has 0 fully saturated rings. The van der Waals surface area contributed by atoms with Gasteiger partial charge < -0.3 is 10.0 Å². The molecule has 0 aliphatic heterocycles. The molecule has 0 spiro atoms. The largest absolute Gasteiger partial charge is 1.00 e. The average molecular weight is 233 g/mol. The number of benzene rings is 1. The maximum absolute atomic E-state index is 10.2. The van der Waals surface area contributed by atoms with Crippen LogP contribution in [0, 0.1) is 0 Å². The van der Waals surface area contributed by atoms with Crippen molar-refractivity contribution in [1.82, 2.24) is 0 Å². The molecule has 0 saturated heterocycles. The first-order chi connectivity index (χ1) is 4.70. The fourth-order valence-electron chi connectivity index (χ4n) is 0.620. The van der Waals surface area contributed by atoms with E-state index < -0.39 is 7.12 Å². The van der Waals surface area contributed by atoms with Gasteiger partial charge >= 0.3 is 103 Å². The zero-order chi connectivity index (χ0) is 7.56. The first-order valence-electron chi connectivity index (χ1n) is 2.77. The van der Waals surface area contributed by atoms with Gasteiger partial charge in [-0.1, -0.05) is 30.9 Å². The van der Waals surface area contributed by atoms with Gasteiger partial charge in [-0.05, 0) is 12.1 Å². The summed E-state index contributed by atoms with van der Waals surface area (Å²) in [6.07, 6.45) is 0. The van der Waals surface area contributed by atoms with Crippen LogP contribution in [0.15, 0.2) is 24.3 Å². The molecule has 0 radical (unpaired) electrons. The van der Waals surface area contributed by atoms with E-state index in [0.29, 0.717) is 5.02 Å². The molecule has 2 nitrogen and oxygen atoms in total. The van der Waals surface area contributed by atoms with Crippen LogP contribution < -0.4 is 118 Å². The van der Waals surface area contributed by atoms with Crippen LogP contribution in [0.1, 0.15) is 0 Å². The third-order valence-corrected chi connectivity index (χ3v) is 1.39. The topological polar surface area (TPSA) is 46.1 Å². The van der Waals surface area contributed by atoms with Crippen LogP contribution >= 0.6 is 11.6 Å². The first kappa shape index (κ1) is 17.2. The molecule has 0 unspecified atom stereocenters. The van der Waals surface area contributed by atoms with Crippen molar-refractivity contribution in [2.45, 2.75) is 0 Å². The van der Waals surface area contributed by atoms with Crippen LogP contribution in [-0.2, 0) is 0 Å². The monoisotopic (exact) mass is 232 g/mol. The Labute approximate surface area is 162 Å². The van der Waals surface area contributed by atoms with Gasteiger partial charge in [-0.15, -0.1) is 5.46 Å². The van der Waals surface area contributed by atoms with E-state index in [4.69, 9.17) is 11.6 Å². The summed E-state index contributed by atoms with van der Waals surface area (Å²) in [7, 11) is -1.91. The molecule has 12 heavy (non-hydrogen) atoms. The second-order valence-electron chi connectivity index (χ2n) is 1.88. The number of hydrogen-bond acceptors (Lipinski definition) is 2. The zero-order valence-corrected chi connectivity index (χ0v) is 14.1. The Balaban J connectivity index is 0. The Morgan fingerprint density at radius 3 is 1.75 bits per heavy atom. The summed E-state index contributed by atoms with van der Waals surface area (Å²) >= 11 is 5.51. The summed E-state index contributed by atoms with van der Waals surface area (Å²) in [5.41, 5.74) is 0.226. The van der Waals surface area contributed by atoms with Crippen LogP contribution in [0.25, 0.3) is 0 Å². The molecule has 0 aliphatic rings. The van der Waals surface area contributed by atoms with Crippen molar-refractivity contribution < 1.29 is 113 Å². The molecule has 0 aliphatic carbocycles. The Hall–Kier alpha value is 2.77. The second-order valence-corrected chi connectivity index (χ2v) is 2.32. The first-order valence-corrected chi connectivity index (χ1v) is 3.15. The van der Waals surface area contributed by atoms with Gasteiger partial charge in [0.25, 0.3) is 0 Å². The Morgan fingerprint density at radius 1 is 1.00 bits per heavy atom. The van der Waals surface area contributed by atoms with Crippen LogP contribution in [-0.4, -0.2) is 7.12 Å². The van der Waals surface area contributed by atoms with E-state index in [1.165, 1.54) is 24.3 Å². The molecule has 0 amide bonds. The minimum absolute atomic E-state index is 0. The summed E-state index contributed by atoms with van der Waals surface area (Å²) in [5, 5.41) is 21.0. The molecular formula is C6H4BClK2O2.